The molecule has 0 heterocycles. The minimum Gasteiger partial charge on any atom is -0.466 e. The Kier molecular flexibility index (Phi) is 3.05. The second-order valence-corrected chi connectivity index (χ2v) is 3.49. The van der Waals surface area contributed by atoms with Gasteiger partial charge in [0.15, 0.2) is 0 Å². The Morgan fingerprint density at radius 1 is 1.35 bits per heavy atom. The number of hydrogen-bond acceptors (Lipinski definition) is 4. The van der Waals surface area contributed by atoms with Crippen molar-refractivity contribution in [3.8, 4) is 0 Å². The van der Waals surface area contributed by atoms with Crippen molar-refractivity contribution in [3.63, 3.8) is 0 Å². The molecule has 0 saturated carbocycles. The number of rotatable bonds is 1. The molecule has 0 radical (unpaired) electrons. The average molecular weight is 229 g/mol. The van der Waals surface area contributed by atoms with Gasteiger partial charge in [-0.1, -0.05) is 35.5 Å². The third-order valence-corrected chi connectivity index (χ3v) is 2.52. The van der Waals surface area contributed by atoms with Crippen LogP contribution in [0.5, 0.6) is 0 Å². The minimum absolute atomic E-state index is 0.342. The van der Waals surface area contributed by atoms with Gasteiger partial charge in [0.25, 0.3) is 0 Å². The predicted octanol–water partition coefficient (Wildman–Crippen LogP) is 2.10. The largest absolute Gasteiger partial charge is 0.466 e. The summed E-state index contributed by atoms with van der Waals surface area (Å²) >= 11 is 0. The number of carbonyl (C=O) groups excluding carboxylic acids is 1. The number of benzene rings is 1. The molecule has 0 spiro atoms. The van der Waals surface area contributed by atoms with Gasteiger partial charge < -0.3 is 9.94 Å². The summed E-state index contributed by atoms with van der Waals surface area (Å²) in [6.45, 7) is 0. The van der Waals surface area contributed by atoms with Crippen LogP contribution in [-0.4, -0.2) is 24.0 Å². The molecule has 0 atom stereocenters. The van der Waals surface area contributed by atoms with Gasteiger partial charge in [-0.3, -0.25) is 0 Å². The van der Waals surface area contributed by atoms with Crippen LogP contribution in [0.15, 0.2) is 41.6 Å². The number of methoxy groups -OCH3 is 1. The molecule has 1 N–H and O–H groups in total. The molecule has 1 aromatic carbocycles. The van der Waals surface area contributed by atoms with Crippen LogP contribution in [0.25, 0.3) is 11.6 Å². The van der Waals surface area contributed by atoms with Crippen LogP contribution in [0.3, 0.4) is 0 Å². The number of esters is 1. The van der Waals surface area contributed by atoms with Crippen molar-refractivity contribution >= 4 is 23.3 Å². The quantitative estimate of drug-likeness (QED) is 0.347. The van der Waals surface area contributed by atoms with Gasteiger partial charge in [0.1, 0.15) is 5.71 Å². The summed E-state index contributed by atoms with van der Waals surface area (Å²) < 4.78 is 4.58. The summed E-state index contributed by atoms with van der Waals surface area (Å²) in [5.74, 6) is -0.480. The van der Waals surface area contributed by atoms with E-state index in [4.69, 9.17) is 5.21 Å². The lowest BCUT2D eigenvalue weighted by Gasteiger charge is -2.14. The lowest BCUT2D eigenvalue weighted by Crippen LogP contribution is -2.08. The molecule has 0 aliphatic heterocycles. The van der Waals surface area contributed by atoms with Gasteiger partial charge in [0, 0.05) is 11.6 Å². The van der Waals surface area contributed by atoms with Crippen LogP contribution >= 0.6 is 0 Å². The van der Waals surface area contributed by atoms with E-state index in [1.54, 1.807) is 6.08 Å². The molecule has 2 rings (SSSR count). The molecule has 0 fully saturated rings. The molecular weight excluding hydrogens is 218 g/mol. The van der Waals surface area contributed by atoms with E-state index in [1.165, 1.54) is 13.2 Å². The van der Waals surface area contributed by atoms with Crippen molar-refractivity contribution in [1.82, 2.24) is 0 Å². The Labute approximate surface area is 98.5 Å². The average Bonchev–Trinajstić information content (AvgIpc) is 2.39. The number of allylic oxidation sites excluding steroid dienone is 2. The highest BCUT2D eigenvalue weighted by Crippen LogP contribution is 2.27. The van der Waals surface area contributed by atoms with Crippen molar-refractivity contribution in [2.45, 2.75) is 0 Å². The van der Waals surface area contributed by atoms with Crippen molar-refractivity contribution in [2.24, 2.45) is 5.16 Å². The second-order valence-electron chi connectivity index (χ2n) is 3.49. The number of carbonyl (C=O) groups is 1. The van der Waals surface area contributed by atoms with Crippen LogP contribution in [-0.2, 0) is 9.53 Å². The molecule has 86 valence electrons. The van der Waals surface area contributed by atoms with Gasteiger partial charge in [-0.05, 0) is 17.2 Å². The third kappa shape index (κ3) is 2.10. The summed E-state index contributed by atoms with van der Waals surface area (Å²) in [7, 11) is 1.31. The van der Waals surface area contributed by atoms with E-state index in [1.807, 2.05) is 30.3 Å². The predicted molar refractivity (Wildman–Crippen MR) is 64.7 cm³/mol. The first-order valence-corrected chi connectivity index (χ1v) is 5.06. The van der Waals surface area contributed by atoms with Crippen LogP contribution in [0, 0.1) is 0 Å². The van der Waals surface area contributed by atoms with Crippen molar-refractivity contribution in [3.05, 3.63) is 47.5 Å². The topological polar surface area (TPSA) is 58.9 Å². The summed E-state index contributed by atoms with van der Waals surface area (Å²) in [5, 5.41) is 12.1. The van der Waals surface area contributed by atoms with E-state index in [0.29, 0.717) is 11.3 Å². The normalized spacial score (nSPS) is 18.2. The molecule has 17 heavy (non-hydrogen) atoms. The van der Waals surface area contributed by atoms with E-state index >= 15 is 0 Å². The number of nitrogens with zero attached hydrogens (tertiary/aromatic N) is 1. The Balaban J connectivity index is 2.58. The van der Waals surface area contributed by atoms with Crippen molar-refractivity contribution < 1.29 is 14.7 Å². The maximum Gasteiger partial charge on any atom is 0.331 e. The van der Waals surface area contributed by atoms with Gasteiger partial charge in [0.2, 0.25) is 0 Å². The van der Waals surface area contributed by atoms with Gasteiger partial charge >= 0.3 is 5.97 Å². The molecule has 1 aliphatic rings. The van der Waals surface area contributed by atoms with Gasteiger partial charge in [0.05, 0.1) is 7.11 Å². The van der Waals surface area contributed by atoms with Gasteiger partial charge in [-0.15, -0.1) is 0 Å². The molecular formula is C13H11NO3. The zero-order valence-corrected chi connectivity index (χ0v) is 9.25. The van der Waals surface area contributed by atoms with E-state index < -0.39 is 5.97 Å². The standard InChI is InChI=1S/C13H11NO3/c1-17-13(15)8-11-10-5-3-2-4-9(10)6-7-12(11)14-16/h2-8,16H,1H3/b11-8-,14-12+. The first-order valence-electron chi connectivity index (χ1n) is 5.06. The summed E-state index contributed by atoms with van der Waals surface area (Å²) in [6, 6.07) is 7.54. The molecule has 4 nitrogen and oxygen atoms in total. The van der Waals surface area contributed by atoms with Crippen LogP contribution in [0.1, 0.15) is 11.1 Å². The van der Waals surface area contributed by atoms with Gasteiger partial charge in [-0.25, -0.2) is 4.79 Å². The van der Waals surface area contributed by atoms with Crippen molar-refractivity contribution in [2.75, 3.05) is 7.11 Å². The molecule has 0 aromatic heterocycles. The van der Waals surface area contributed by atoms with Crippen LogP contribution in [0.4, 0.5) is 0 Å². The fraction of sp³-hybridized carbons (Fsp3) is 0.0769. The fourth-order valence-corrected chi connectivity index (χ4v) is 1.70. The zero-order chi connectivity index (χ0) is 12.3. The molecule has 0 bridgehead atoms. The summed E-state index contributed by atoms with van der Waals surface area (Å²) in [4.78, 5) is 11.3. The summed E-state index contributed by atoms with van der Waals surface area (Å²) in [6.07, 6.45) is 4.80. The maximum atomic E-state index is 11.3. The minimum atomic E-state index is -0.480. The first kappa shape index (κ1) is 11.1. The van der Waals surface area contributed by atoms with Gasteiger partial charge in [-0.2, -0.15) is 0 Å². The summed E-state index contributed by atoms with van der Waals surface area (Å²) in [5.41, 5.74) is 2.70. The maximum absolute atomic E-state index is 11.3. The molecule has 0 amide bonds. The molecule has 0 saturated heterocycles. The van der Waals surface area contributed by atoms with Crippen molar-refractivity contribution in [1.29, 1.82) is 0 Å². The highest BCUT2D eigenvalue weighted by atomic mass is 16.5. The Morgan fingerprint density at radius 2 is 2.12 bits per heavy atom. The lowest BCUT2D eigenvalue weighted by atomic mass is 9.91. The smallest absolute Gasteiger partial charge is 0.331 e. The molecule has 1 aromatic rings. The number of ether oxygens (including phenoxy) is 1. The van der Waals surface area contributed by atoms with Crippen LogP contribution < -0.4 is 0 Å². The first-order chi connectivity index (χ1) is 8.26. The highest BCUT2D eigenvalue weighted by molar-refractivity contribution is 6.34. The monoisotopic (exact) mass is 229 g/mol. The van der Waals surface area contributed by atoms with E-state index in [9.17, 15) is 4.79 Å². The van der Waals surface area contributed by atoms with E-state index in [-0.39, 0.29) is 0 Å². The van der Waals surface area contributed by atoms with Crippen LogP contribution in [0.2, 0.25) is 0 Å². The van der Waals surface area contributed by atoms with E-state index in [0.717, 1.165) is 11.1 Å². The SMILES string of the molecule is COC(=O)/C=C1\C(=N\O)C=Cc2ccccc21. The lowest BCUT2D eigenvalue weighted by molar-refractivity contribution is -0.134. The molecule has 1 aliphatic carbocycles. The third-order valence-electron chi connectivity index (χ3n) is 2.52. The van der Waals surface area contributed by atoms with E-state index in [2.05, 4.69) is 9.89 Å². The Morgan fingerprint density at radius 3 is 2.82 bits per heavy atom. The Hall–Kier alpha value is -2.36. The second kappa shape index (κ2) is 4.65. The number of hydrogen-bond donors (Lipinski definition) is 1. The highest BCUT2D eigenvalue weighted by Gasteiger charge is 2.17. The molecule has 0 unspecified atom stereocenters. The number of oxime groups is 1. The fourth-order valence-electron chi connectivity index (χ4n) is 1.70. The molecule has 4 heteroatoms. The Bertz CT molecular complexity index is 541. The number of fused-ring (bicyclic) bond motifs is 1. The zero-order valence-electron chi connectivity index (χ0n) is 9.25.